The lowest BCUT2D eigenvalue weighted by Gasteiger charge is -2.01. The molecule has 0 saturated heterocycles. The van der Waals surface area contributed by atoms with E-state index in [-0.39, 0.29) is 11.2 Å². The molecule has 2 rings (SSSR count). The second-order valence-corrected chi connectivity index (χ2v) is 4.06. The van der Waals surface area contributed by atoms with Gasteiger partial charge in [-0.15, -0.1) is 0 Å². The van der Waals surface area contributed by atoms with Crippen LogP contribution in [0.25, 0.3) is 11.0 Å². The van der Waals surface area contributed by atoms with E-state index < -0.39 is 0 Å². The predicted molar refractivity (Wildman–Crippen MR) is 59.6 cm³/mol. The van der Waals surface area contributed by atoms with Crippen molar-refractivity contribution >= 4 is 26.9 Å². The van der Waals surface area contributed by atoms with Gasteiger partial charge < -0.3 is 4.42 Å². The minimum atomic E-state index is -0.197. The van der Waals surface area contributed by atoms with E-state index in [4.69, 9.17) is 9.68 Å². The maximum absolute atomic E-state index is 11.6. The molecule has 74 valence electrons. The Morgan fingerprint density at radius 1 is 1.40 bits per heavy atom. The molecule has 0 N–H and O–H groups in total. The molecule has 1 aromatic carbocycles. The zero-order valence-electron chi connectivity index (χ0n) is 7.87. The highest BCUT2D eigenvalue weighted by atomic mass is 79.9. The zero-order chi connectivity index (χ0) is 11.0. The topological polar surface area (TPSA) is 54.0 Å². The Labute approximate surface area is 94.1 Å². The van der Waals surface area contributed by atoms with Gasteiger partial charge in [-0.05, 0) is 40.5 Å². The average molecular weight is 264 g/mol. The Morgan fingerprint density at radius 2 is 2.13 bits per heavy atom. The van der Waals surface area contributed by atoms with Gasteiger partial charge in [-0.25, -0.2) is 0 Å². The summed E-state index contributed by atoms with van der Waals surface area (Å²) in [6.07, 6.45) is 0. The van der Waals surface area contributed by atoms with Gasteiger partial charge in [0.05, 0.1) is 9.86 Å². The Hall–Kier alpha value is -1.60. The van der Waals surface area contributed by atoms with Crippen molar-refractivity contribution < 1.29 is 4.42 Å². The molecular formula is C11H6BrNO2. The maximum atomic E-state index is 11.6. The first-order valence-corrected chi connectivity index (χ1v) is 5.05. The van der Waals surface area contributed by atoms with Crippen LogP contribution >= 0.6 is 15.9 Å². The fourth-order valence-electron chi connectivity index (χ4n) is 1.41. The first-order chi connectivity index (χ1) is 7.11. The van der Waals surface area contributed by atoms with Crippen LogP contribution in [0.1, 0.15) is 11.3 Å². The molecule has 0 aliphatic rings. The van der Waals surface area contributed by atoms with E-state index in [0.717, 1.165) is 5.56 Å². The average Bonchev–Trinajstić information content (AvgIpc) is 2.19. The Balaban J connectivity index is 3.00. The van der Waals surface area contributed by atoms with Gasteiger partial charge in [0.1, 0.15) is 6.07 Å². The number of hydrogen-bond acceptors (Lipinski definition) is 3. The summed E-state index contributed by atoms with van der Waals surface area (Å²) in [5.74, 6) is 0.0250. The van der Waals surface area contributed by atoms with Gasteiger partial charge in [0.2, 0.25) is 5.76 Å². The van der Waals surface area contributed by atoms with Crippen LogP contribution in [0, 0.1) is 18.3 Å². The second kappa shape index (κ2) is 3.52. The van der Waals surface area contributed by atoms with Gasteiger partial charge in [0, 0.05) is 6.07 Å². The standard InChI is InChI=1S/C11H6BrNO2/c1-6-2-8-10(14)4-7(5-13)15-11(8)9(12)3-6/h2-4H,1H3. The number of rotatable bonds is 0. The van der Waals surface area contributed by atoms with E-state index in [1.54, 1.807) is 6.07 Å². The van der Waals surface area contributed by atoms with Gasteiger partial charge in [-0.2, -0.15) is 5.26 Å². The highest BCUT2D eigenvalue weighted by Crippen LogP contribution is 2.24. The van der Waals surface area contributed by atoms with Crippen molar-refractivity contribution in [2.75, 3.05) is 0 Å². The number of nitrogens with zero attached hydrogens (tertiary/aromatic N) is 1. The molecule has 0 radical (unpaired) electrons. The van der Waals surface area contributed by atoms with Crippen LogP contribution in [0.15, 0.2) is 31.9 Å². The van der Waals surface area contributed by atoms with Crippen molar-refractivity contribution in [1.29, 1.82) is 5.26 Å². The molecule has 0 spiro atoms. The van der Waals surface area contributed by atoms with Crippen LogP contribution in [0.4, 0.5) is 0 Å². The molecule has 0 aliphatic heterocycles. The van der Waals surface area contributed by atoms with Crippen LogP contribution in [0.5, 0.6) is 0 Å². The van der Waals surface area contributed by atoms with Crippen LogP contribution < -0.4 is 5.43 Å². The van der Waals surface area contributed by atoms with Crippen molar-refractivity contribution in [1.82, 2.24) is 0 Å². The number of aryl methyl sites for hydroxylation is 1. The van der Waals surface area contributed by atoms with Crippen molar-refractivity contribution in [2.24, 2.45) is 0 Å². The molecule has 0 fully saturated rings. The summed E-state index contributed by atoms with van der Waals surface area (Å²) < 4.78 is 5.96. The van der Waals surface area contributed by atoms with Crippen molar-refractivity contribution in [3.8, 4) is 6.07 Å². The first kappa shape index (κ1) is 9.94. The minimum Gasteiger partial charge on any atom is -0.444 e. The highest BCUT2D eigenvalue weighted by Gasteiger charge is 2.08. The minimum absolute atomic E-state index is 0.0250. The van der Waals surface area contributed by atoms with E-state index >= 15 is 0 Å². The lowest BCUT2D eigenvalue weighted by molar-refractivity contribution is 0.584. The number of halogens is 1. The van der Waals surface area contributed by atoms with Gasteiger partial charge in [-0.3, -0.25) is 4.79 Å². The number of fused-ring (bicyclic) bond motifs is 1. The Morgan fingerprint density at radius 3 is 2.80 bits per heavy atom. The number of benzene rings is 1. The second-order valence-electron chi connectivity index (χ2n) is 3.21. The number of nitriles is 1. The van der Waals surface area contributed by atoms with Crippen molar-refractivity contribution in [3.63, 3.8) is 0 Å². The monoisotopic (exact) mass is 263 g/mol. The molecule has 1 aromatic heterocycles. The lowest BCUT2D eigenvalue weighted by atomic mass is 10.1. The van der Waals surface area contributed by atoms with E-state index in [1.165, 1.54) is 6.07 Å². The molecule has 1 heterocycles. The smallest absolute Gasteiger partial charge is 0.208 e. The molecule has 0 unspecified atom stereocenters. The van der Waals surface area contributed by atoms with E-state index in [2.05, 4.69) is 15.9 Å². The summed E-state index contributed by atoms with van der Waals surface area (Å²) in [6.45, 7) is 1.89. The molecule has 0 saturated carbocycles. The third-order valence-corrected chi connectivity index (χ3v) is 2.63. The molecule has 4 heteroatoms. The van der Waals surface area contributed by atoms with Crippen molar-refractivity contribution in [3.05, 3.63) is 44.2 Å². The molecule has 2 aromatic rings. The Bertz CT molecular complexity index is 637. The van der Waals surface area contributed by atoms with Gasteiger partial charge in [0.25, 0.3) is 0 Å². The van der Waals surface area contributed by atoms with Crippen LogP contribution in [-0.2, 0) is 0 Å². The molecule has 0 atom stereocenters. The Kier molecular flexibility index (Phi) is 2.33. The third kappa shape index (κ3) is 1.66. The molecular weight excluding hydrogens is 258 g/mol. The van der Waals surface area contributed by atoms with Crippen LogP contribution in [-0.4, -0.2) is 0 Å². The predicted octanol–water partition coefficient (Wildman–Crippen LogP) is 2.74. The lowest BCUT2D eigenvalue weighted by Crippen LogP contribution is -2.01. The molecule has 0 amide bonds. The molecule has 0 bridgehead atoms. The summed E-state index contributed by atoms with van der Waals surface area (Å²) in [6, 6.07) is 6.60. The van der Waals surface area contributed by atoms with E-state index in [1.807, 2.05) is 19.1 Å². The summed E-state index contributed by atoms with van der Waals surface area (Å²) in [5.41, 5.74) is 1.19. The number of hydrogen-bond donors (Lipinski definition) is 0. The quantitative estimate of drug-likeness (QED) is 0.735. The van der Waals surface area contributed by atoms with Crippen molar-refractivity contribution in [2.45, 2.75) is 6.92 Å². The fraction of sp³-hybridized carbons (Fsp3) is 0.0909. The molecule has 3 nitrogen and oxygen atoms in total. The summed E-state index contributed by atoms with van der Waals surface area (Å²) in [5, 5.41) is 9.16. The largest absolute Gasteiger partial charge is 0.444 e. The van der Waals surface area contributed by atoms with Gasteiger partial charge >= 0.3 is 0 Å². The first-order valence-electron chi connectivity index (χ1n) is 4.26. The SMILES string of the molecule is Cc1cc(Br)c2oc(C#N)cc(=O)c2c1. The molecule has 15 heavy (non-hydrogen) atoms. The summed E-state index contributed by atoms with van der Waals surface area (Å²) in [7, 11) is 0. The van der Waals surface area contributed by atoms with Gasteiger partial charge in [0.15, 0.2) is 11.0 Å². The van der Waals surface area contributed by atoms with Crippen LogP contribution in [0.2, 0.25) is 0 Å². The summed E-state index contributed by atoms with van der Waals surface area (Å²) >= 11 is 3.30. The van der Waals surface area contributed by atoms with Crippen LogP contribution in [0.3, 0.4) is 0 Å². The third-order valence-electron chi connectivity index (χ3n) is 2.04. The fourth-order valence-corrected chi connectivity index (χ4v) is 2.06. The maximum Gasteiger partial charge on any atom is 0.208 e. The van der Waals surface area contributed by atoms with E-state index in [0.29, 0.717) is 15.4 Å². The highest BCUT2D eigenvalue weighted by molar-refractivity contribution is 9.10. The normalized spacial score (nSPS) is 10.2. The van der Waals surface area contributed by atoms with Gasteiger partial charge in [-0.1, -0.05) is 0 Å². The summed E-state index contributed by atoms with van der Waals surface area (Å²) in [4.78, 5) is 11.6. The van der Waals surface area contributed by atoms with E-state index in [9.17, 15) is 4.79 Å². The molecule has 0 aliphatic carbocycles. The zero-order valence-corrected chi connectivity index (χ0v) is 9.46.